The summed E-state index contributed by atoms with van der Waals surface area (Å²) in [6, 6.07) is 13.0. The highest BCUT2D eigenvalue weighted by molar-refractivity contribution is 6.17. The predicted molar refractivity (Wildman–Crippen MR) is 133 cm³/mol. The number of esters is 1. The van der Waals surface area contributed by atoms with Crippen LogP contribution >= 0.6 is 0 Å². The van der Waals surface area contributed by atoms with Gasteiger partial charge in [0.2, 0.25) is 0 Å². The van der Waals surface area contributed by atoms with Crippen LogP contribution in [-0.2, 0) is 17.7 Å². The molecule has 0 atom stereocenters. The first-order valence-corrected chi connectivity index (χ1v) is 12.3. The summed E-state index contributed by atoms with van der Waals surface area (Å²) >= 11 is 0. The molecule has 1 aliphatic rings. The number of fused-ring (bicyclic) bond motifs is 1. The molecule has 0 radical (unpaired) electrons. The van der Waals surface area contributed by atoms with E-state index in [1.807, 2.05) is 24.3 Å². The highest BCUT2D eigenvalue weighted by Gasteiger charge is 2.23. The molecule has 4 rings (SSSR count). The lowest BCUT2D eigenvalue weighted by Crippen LogP contribution is -2.45. The van der Waals surface area contributed by atoms with Crippen LogP contribution in [0.1, 0.15) is 64.3 Å². The number of benzene rings is 2. The minimum absolute atomic E-state index is 0.0741. The van der Waals surface area contributed by atoms with Gasteiger partial charge in [-0.15, -0.1) is 0 Å². The van der Waals surface area contributed by atoms with Gasteiger partial charge in [0.25, 0.3) is 0 Å². The number of rotatable bonds is 9. The molecule has 0 aliphatic carbocycles. The van der Waals surface area contributed by atoms with Crippen LogP contribution in [0.2, 0.25) is 0 Å². The Morgan fingerprint density at radius 2 is 1.62 bits per heavy atom. The number of carbonyl (C=O) groups is 2. The van der Waals surface area contributed by atoms with Crippen molar-refractivity contribution in [1.29, 1.82) is 0 Å². The summed E-state index contributed by atoms with van der Waals surface area (Å²) in [5, 5.41) is 0.664. The summed E-state index contributed by atoms with van der Waals surface area (Å²) < 4.78 is 10.9. The Morgan fingerprint density at radius 3 is 2.26 bits per heavy atom. The first kappa shape index (κ1) is 24.2. The fraction of sp³-hybridized carbons (Fsp3) is 0.429. The lowest BCUT2D eigenvalue weighted by atomic mass is 9.96. The SMILES string of the molecule is CCCCc1oc2ccc(C(=O)OC)cc2c1C(=O)c1ccc(CN2CCN(CC)CC2)cc1. The summed E-state index contributed by atoms with van der Waals surface area (Å²) in [6.45, 7) is 10.7. The molecule has 1 aromatic heterocycles. The molecule has 1 aliphatic heterocycles. The lowest BCUT2D eigenvalue weighted by Gasteiger charge is -2.34. The molecule has 3 aromatic rings. The summed E-state index contributed by atoms with van der Waals surface area (Å²) in [5.41, 5.74) is 3.41. The highest BCUT2D eigenvalue weighted by Crippen LogP contribution is 2.31. The normalized spacial score (nSPS) is 15.0. The Balaban J connectivity index is 1.59. The van der Waals surface area contributed by atoms with Gasteiger partial charge in [-0.2, -0.15) is 0 Å². The second-order valence-electron chi connectivity index (χ2n) is 8.94. The van der Waals surface area contributed by atoms with Crippen LogP contribution in [0.25, 0.3) is 11.0 Å². The number of ketones is 1. The molecular weight excluding hydrogens is 428 g/mol. The maximum atomic E-state index is 13.6. The predicted octanol–water partition coefficient (Wildman–Crippen LogP) is 4.93. The maximum Gasteiger partial charge on any atom is 0.337 e. The number of hydrogen-bond donors (Lipinski definition) is 0. The van der Waals surface area contributed by atoms with Crippen molar-refractivity contribution in [2.24, 2.45) is 0 Å². The Hall–Kier alpha value is -2.96. The fourth-order valence-electron chi connectivity index (χ4n) is 4.58. The fourth-order valence-corrected chi connectivity index (χ4v) is 4.58. The molecule has 6 nitrogen and oxygen atoms in total. The standard InChI is InChI=1S/C28H34N2O4/c1-4-6-7-25-26(23-18-22(28(32)33-3)12-13-24(23)34-25)27(31)21-10-8-20(9-11-21)19-30-16-14-29(5-2)15-17-30/h8-13,18H,4-7,14-17,19H2,1-3H3. The van der Waals surface area contributed by atoms with Gasteiger partial charge in [-0.3, -0.25) is 9.69 Å². The zero-order valence-corrected chi connectivity index (χ0v) is 20.4. The minimum Gasteiger partial charge on any atom is -0.465 e. The molecule has 34 heavy (non-hydrogen) atoms. The maximum absolute atomic E-state index is 13.6. The van der Waals surface area contributed by atoms with E-state index in [-0.39, 0.29) is 5.78 Å². The Labute approximate surface area is 201 Å². The third-order valence-corrected chi connectivity index (χ3v) is 6.70. The van der Waals surface area contributed by atoms with E-state index in [1.165, 1.54) is 12.7 Å². The minimum atomic E-state index is -0.430. The average molecular weight is 463 g/mol. The zero-order chi connectivity index (χ0) is 24.1. The van der Waals surface area contributed by atoms with Crippen LogP contribution in [-0.4, -0.2) is 61.4 Å². The number of unbranched alkanes of at least 4 members (excludes halogenated alkanes) is 1. The van der Waals surface area contributed by atoms with Crippen molar-refractivity contribution < 1.29 is 18.7 Å². The second-order valence-corrected chi connectivity index (χ2v) is 8.94. The summed E-state index contributed by atoms with van der Waals surface area (Å²) in [4.78, 5) is 30.6. The molecular formula is C28H34N2O4. The molecule has 6 heteroatoms. The molecule has 0 saturated carbocycles. The summed E-state index contributed by atoms with van der Waals surface area (Å²) in [5.74, 6) is 0.178. The summed E-state index contributed by atoms with van der Waals surface area (Å²) in [6.07, 6.45) is 2.61. The van der Waals surface area contributed by atoms with Gasteiger partial charge >= 0.3 is 5.97 Å². The van der Waals surface area contributed by atoms with Gasteiger partial charge < -0.3 is 14.1 Å². The number of nitrogens with zero attached hydrogens (tertiary/aromatic N) is 2. The lowest BCUT2D eigenvalue weighted by molar-refractivity contribution is 0.0600. The second kappa shape index (κ2) is 11.0. The van der Waals surface area contributed by atoms with E-state index in [1.54, 1.807) is 18.2 Å². The molecule has 2 heterocycles. The van der Waals surface area contributed by atoms with Crippen molar-refractivity contribution in [2.75, 3.05) is 39.8 Å². The van der Waals surface area contributed by atoms with E-state index in [2.05, 4.69) is 23.6 Å². The molecule has 2 aromatic carbocycles. The molecule has 0 N–H and O–H groups in total. The highest BCUT2D eigenvalue weighted by atomic mass is 16.5. The third-order valence-electron chi connectivity index (χ3n) is 6.70. The summed E-state index contributed by atoms with van der Waals surface area (Å²) in [7, 11) is 1.35. The van der Waals surface area contributed by atoms with Crippen molar-refractivity contribution in [3.05, 3.63) is 70.5 Å². The van der Waals surface area contributed by atoms with Crippen LogP contribution in [0.4, 0.5) is 0 Å². The number of aryl methyl sites for hydroxylation is 1. The van der Waals surface area contributed by atoms with Gasteiger partial charge in [0.05, 0.1) is 18.2 Å². The van der Waals surface area contributed by atoms with Gasteiger partial charge in [-0.25, -0.2) is 4.79 Å². The van der Waals surface area contributed by atoms with Crippen LogP contribution in [0.5, 0.6) is 0 Å². The molecule has 1 fully saturated rings. The van der Waals surface area contributed by atoms with E-state index in [0.29, 0.717) is 39.8 Å². The van der Waals surface area contributed by atoms with Gasteiger partial charge in [0.1, 0.15) is 11.3 Å². The molecule has 0 spiro atoms. The number of likely N-dealkylation sites (N-methyl/N-ethyl adjacent to an activating group) is 1. The smallest absolute Gasteiger partial charge is 0.337 e. The van der Waals surface area contributed by atoms with E-state index in [0.717, 1.165) is 52.1 Å². The van der Waals surface area contributed by atoms with Gasteiger partial charge in [-0.05, 0) is 36.7 Å². The van der Waals surface area contributed by atoms with Crippen molar-refractivity contribution in [1.82, 2.24) is 9.80 Å². The topological polar surface area (TPSA) is 63.0 Å². The van der Waals surface area contributed by atoms with Crippen molar-refractivity contribution in [2.45, 2.75) is 39.7 Å². The first-order valence-electron chi connectivity index (χ1n) is 12.3. The number of ether oxygens (including phenoxy) is 1. The Bertz CT molecular complexity index is 1140. The Kier molecular flexibility index (Phi) is 7.80. The Morgan fingerprint density at radius 1 is 0.941 bits per heavy atom. The van der Waals surface area contributed by atoms with E-state index in [9.17, 15) is 9.59 Å². The molecule has 180 valence electrons. The van der Waals surface area contributed by atoms with E-state index in [4.69, 9.17) is 9.15 Å². The quantitative estimate of drug-likeness (QED) is 0.332. The number of piperazine rings is 1. The average Bonchev–Trinajstić information content (AvgIpc) is 3.24. The number of methoxy groups -OCH3 is 1. The van der Waals surface area contributed by atoms with Crippen molar-refractivity contribution in [3.63, 3.8) is 0 Å². The molecule has 0 unspecified atom stereocenters. The number of furan rings is 1. The van der Waals surface area contributed by atoms with Crippen LogP contribution in [0.3, 0.4) is 0 Å². The van der Waals surface area contributed by atoms with Crippen LogP contribution < -0.4 is 0 Å². The van der Waals surface area contributed by atoms with Crippen LogP contribution in [0.15, 0.2) is 46.9 Å². The first-order chi connectivity index (χ1) is 16.5. The van der Waals surface area contributed by atoms with Gasteiger partial charge in [-0.1, -0.05) is 44.5 Å². The van der Waals surface area contributed by atoms with Crippen molar-refractivity contribution in [3.8, 4) is 0 Å². The largest absolute Gasteiger partial charge is 0.465 e. The molecule has 0 bridgehead atoms. The van der Waals surface area contributed by atoms with E-state index < -0.39 is 5.97 Å². The van der Waals surface area contributed by atoms with Gasteiger partial charge in [0.15, 0.2) is 5.78 Å². The number of carbonyl (C=O) groups excluding carboxylic acids is 2. The molecule has 0 amide bonds. The van der Waals surface area contributed by atoms with Gasteiger partial charge in [0, 0.05) is 50.1 Å². The van der Waals surface area contributed by atoms with E-state index >= 15 is 0 Å². The monoisotopic (exact) mass is 462 g/mol. The molecule has 1 saturated heterocycles. The number of hydrogen-bond acceptors (Lipinski definition) is 6. The third kappa shape index (κ3) is 5.24. The zero-order valence-electron chi connectivity index (χ0n) is 20.4. The van der Waals surface area contributed by atoms with Crippen LogP contribution in [0, 0.1) is 0 Å². The van der Waals surface area contributed by atoms with Crippen molar-refractivity contribution >= 4 is 22.7 Å².